The molecule has 0 heterocycles. The molecule has 0 saturated heterocycles. The molecule has 0 amide bonds. The molecule has 0 fully saturated rings. The monoisotopic (exact) mass is 379 g/mol. The minimum Gasteiger partial charge on any atom is -0.405 e. The highest BCUT2D eigenvalue weighted by Gasteiger charge is 2.31. The predicted molar refractivity (Wildman–Crippen MR) is 94.1 cm³/mol. The first-order valence-corrected chi connectivity index (χ1v) is 9.01. The Balaban J connectivity index is 2.57. The summed E-state index contributed by atoms with van der Waals surface area (Å²) in [6.07, 6.45) is -4.74. The summed E-state index contributed by atoms with van der Waals surface area (Å²) in [5.74, 6) is 0.595. The van der Waals surface area contributed by atoms with Gasteiger partial charge in [0, 0.05) is 47.0 Å². The molecule has 1 aromatic rings. The number of nitrogens with zero attached hydrogens (tertiary/aromatic N) is 1. The summed E-state index contributed by atoms with van der Waals surface area (Å²) in [7, 11) is 0.549. The van der Waals surface area contributed by atoms with Crippen molar-refractivity contribution in [2.45, 2.75) is 38.4 Å². The molecule has 1 unspecified atom stereocenters. The van der Waals surface area contributed by atoms with E-state index in [0.29, 0.717) is 23.8 Å². The third-order valence-corrected chi connectivity index (χ3v) is 5.07. The number of alkyl halides is 3. The van der Waals surface area contributed by atoms with Crippen LogP contribution >= 0.6 is 0 Å². The van der Waals surface area contributed by atoms with E-state index in [1.807, 2.05) is 20.8 Å². The van der Waals surface area contributed by atoms with Crippen LogP contribution in [0, 0.1) is 0 Å². The first kappa shape index (κ1) is 21.3. The second kappa shape index (κ2) is 9.07. The van der Waals surface area contributed by atoms with Crippen molar-refractivity contribution in [3.05, 3.63) is 29.8 Å². The van der Waals surface area contributed by atoms with Gasteiger partial charge in [0.2, 0.25) is 0 Å². The summed E-state index contributed by atoms with van der Waals surface area (Å²) in [6, 6.07) is 5.89. The van der Waals surface area contributed by atoms with Gasteiger partial charge in [-0.15, -0.1) is 13.2 Å². The van der Waals surface area contributed by atoms with Gasteiger partial charge in [0.25, 0.3) is 0 Å². The number of hydrogen-bond acceptors (Lipinski definition) is 3. The average molecular weight is 379 g/mol. The van der Waals surface area contributed by atoms with Crippen LogP contribution in [-0.4, -0.2) is 40.6 Å². The molecule has 0 aliphatic rings. The largest absolute Gasteiger partial charge is 0.573 e. The Labute approximate surface area is 148 Å². The van der Waals surface area contributed by atoms with Gasteiger partial charge in [-0.05, 0) is 26.8 Å². The average Bonchev–Trinajstić information content (AvgIpc) is 2.49. The van der Waals surface area contributed by atoms with E-state index in [1.54, 1.807) is 13.1 Å². The highest BCUT2D eigenvalue weighted by Crippen LogP contribution is 2.26. The molecule has 9 heteroatoms. The van der Waals surface area contributed by atoms with Gasteiger partial charge in [-0.1, -0.05) is 18.2 Å². The molecule has 1 aromatic carbocycles. The molecule has 0 saturated carbocycles. The Morgan fingerprint density at radius 2 is 1.84 bits per heavy atom. The summed E-state index contributed by atoms with van der Waals surface area (Å²) in [5.41, 5.74) is 0.348. The second-order valence-electron chi connectivity index (χ2n) is 6.17. The van der Waals surface area contributed by atoms with E-state index < -0.39 is 17.2 Å². The van der Waals surface area contributed by atoms with Gasteiger partial charge >= 0.3 is 6.36 Å². The highest BCUT2D eigenvalue weighted by molar-refractivity contribution is 7.86. The van der Waals surface area contributed by atoms with E-state index in [4.69, 9.17) is 0 Å². The van der Waals surface area contributed by atoms with Crippen LogP contribution in [0.4, 0.5) is 13.2 Å². The molecule has 2 N–H and O–H groups in total. The minimum atomic E-state index is -4.74. The molecule has 5 nitrogen and oxygen atoms in total. The number of nitrogens with one attached hydrogen (secondary N) is 2. The van der Waals surface area contributed by atoms with E-state index >= 15 is 0 Å². The van der Waals surface area contributed by atoms with Gasteiger partial charge in [0.15, 0.2) is 5.96 Å². The van der Waals surface area contributed by atoms with Crippen molar-refractivity contribution in [3.63, 3.8) is 0 Å². The van der Waals surface area contributed by atoms with Crippen molar-refractivity contribution >= 4 is 16.8 Å². The Morgan fingerprint density at radius 1 is 1.20 bits per heavy atom. The van der Waals surface area contributed by atoms with E-state index in [0.717, 1.165) is 0 Å². The molecule has 0 spiro atoms. The van der Waals surface area contributed by atoms with E-state index in [1.165, 1.54) is 18.2 Å². The molecule has 0 aliphatic heterocycles. The lowest BCUT2D eigenvalue weighted by atomic mass is 10.2. The van der Waals surface area contributed by atoms with Gasteiger partial charge in [0.1, 0.15) is 5.75 Å². The molecule has 1 rings (SSSR count). The van der Waals surface area contributed by atoms with Gasteiger partial charge in [-0.2, -0.15) is 0 Å². The number of hydrogen-bond donors (Lipinski definition) is 2. The zero-order chi connectivity index (χ0) is 19.1. The fourth-order valence-corrected chi connectivity index (χ4v) is 2.74. The fraction of sp³-hybridized carbons (Fsp3) is 0.562. The molecule has 0 aromatic heterocycles. The third-order valence-electron chi connectivity index (χ3n) is 3.13. The molecule has 0 aliphatic carbocycles. The maximum Gasteiger partial charge on any atom is 0.573 e. The number of aliphatic imine (C=N–C) groups is 1. The van der Waals surface area contributed by atoms with Gasteiger partial charge in [0.05, 0.1) is 0 Å². The smallest absolute Gasteiger partial charge is 0.405 e. The Hall–Kier alpha value is -1.77. The summed E-state index contributed by atoms with van der Waals surface area (Å²) in [5, 5.41) is 5.91. The number of halogens is 3. The molecular formula is C16H24F3N3O2S. The van der Waals surface area contributed by atoms with Crippen LogP contribution in [0.15, 0.2) is 29.3 Å². The third kappa shape index (κ3) is 8.24. The molecular weight excluding hydrogens is 355 g/mol. The Bertz CT molecular complexity index is 613. The number of ether oxygens (including phenoxy) is 1. The summed E-state index contributed by atoms with van der Waals surface area (Å²) < 4.78 is 52.9. The summed E-state index contributed by atoms with van der Waals surface area (Å²) in [4.78, 5) is 4.00. The van der Waals surface area contributed by atoms with Gasteiger partial charge in [-0.25, -0.2) is 0 Å². The van der Waals surface area contributed by atoms with Crippen LogP contribution in [0.25, 0.3) is 0 Å². The number of guanidine groups is 1. The summed E-state index contributed by atoms with van der Waals surface area (Å²) >= 11 is 0. The predicted octanol–water partition coefficient (Wildman–Crippen LogP) is 2.80. The zero-order valence-corrected chi connectivity index (χ0v) is 15.6. The van der Waals surface area contributed by atoms with E-state index in [9.17, 15) is 17.4 Å². The lowest BCUT2D eigenvalue weighted by molar-refractivity contribution is -0.274. The minimum absolute atomic E-state index is 0.105. The van der Waals surface area contributed by atoms with Crippen molar-refractivity contribution in [1.82, 2.24) is 10.6 Å². The second-order valence-corrected chi connectivity index (χ2v) is 8.49. The number of para-hydroxylation sites is 1. The molecule has 0 radical (unpaired) electrons. The number of benzene rings is 1. The first-order valence-electron chi connectivity index (χ1n) is 7.69. The van der Waals surface area contributed by atoms with E-state index in [-0.39, 0.29) is 17.0 Å². The fourth-order valence-electron chi connectivity index (χ4n) is 1.84. The lowest BCUT2D eigenvalue weighted by Gasteiger charge is -2.19. The zero-order valence-electron chi connectivity index (χ0n) is 14.7. The standard InChI is InChI=1S/C16H24F3N3O2S/c1-15(2,3)25(23)10-9-21-14(20-4)22-11-12-7-5-6-8-13(12)24-16(17,18)19/h5-8H,9-11H2,1-4H3,(H2,20,21,22). The molecule has 0 bridgehead atoms. The van der Waals surface area contributed by atoms with Crippen LogP contribution in [0.2, 0.25) is 0 Å². The maximum atomic E-state index is 12.4. The van der Waals surface area contributed by atoms with Crippen LogP contribution in [-0.2, 0) is 17.3 Å². The van der Waals surface area contributed by atoms with Crippen molar-refractivity contribution in [1.29, 1.82) is 0 Å². The Kier molecular flexibility index (Phi) is 7.72. The Morgan fingerprint density at radius 3 is 2.40 bits per heavy atom. The van der Waals surface area contributed by atoms with Crippen LogP contribution in [0.1, 0.15) is 26.3 Å². The molecule has 142 valence electrons. The van der Waals surface area contributed by atoms with Crippen LogP contribution in [0.5, 0.6) is 5.75 Å². The quantitative estimate of drug-likeness (QED) is 0.589. The van der Waals surface area contributed by atoms with Gasteiger partial charge in [-0.3, -0.25) is 9.20 Å². The van der Waals surface area contributed by atoms with Crippen LogP contribution in [0.3, 0.4) is 0 Å². The van der Waals surface area contributed by atoms with E-state index in [2.05, 4.69) is 20.4 Å². The maximum absolute atomic E-state index is 12.4. The lowest BCUT2D eigenvalue weighted by Crippen LogP contribution is -2.40. The molecule has 25 heavy (non-hydrogen) atoms. The van der Waals surface area contributed by atoms with Gasteiger partial charge < -0.3 is 15.4 Å². The SMILES string of the molecule is CN=C(NCCS(=O)C(C)(C)C)NCc1ccccc1OC(F)(F)F. The van der Waals surface area contributed by atoms with Crippen molar-refractivity contribution in [2.75, 3.05) is 19.3 Å². The topological polar surface area (TPSA) is 62.7 Å². The van der Waals surface area contributed by atoms with Crippen LogP contribution < -0.4 is 15.4 Å². The molecule has 1 atom stereocenters. The van der Waals surface area contributed by atoms with Crippen molar-refractivity contribution in [2.24, 2.45) is 4.99 Å². The van der Waals surface area contributed by atoms with Crippen molar-refractivity contribution in [3.8, 4) is 5.75 Å². The summed E-state index contributed by atoms with van der Waals surface area (Å²) in [6.45, 7) is 6.23. The first-order chi connectivity index (χ1) is 11.5. The van der Waals surface area contributed by atoms with Crippen molar-refractivity contribution < 1.29 is 22.1 Å². The number of rotatable bonds is 6. The highest BCUT2D eigenvalue weighted by atomic mass is 32.2. The normalized spacial score (nSPS) is 14.1.